The summed E-state index contributed by atoms with van der Waals surface area (Å²) in [7, 11) is 4.65. The van der Waals surface area contributed by atoms with Crippen LogP contribution in [-0.2, 0) is 11.8 Å². The predicted octanol–water partition coefficient (Wildman–Crippen LogP) is 4.45. The van der Waals surface area contributed by atoms with Gasteiger partial charge in [0, 0.05) is 29.6 Å². The lowest BCUT2D eigenvalue weighted by atomic mass is 9.72. The van der Waals surface area contributed by atoms with E-state index in [1.54, 1.807) is 19.2 Å². The topological polar surface area (TPSA) is 85.7 Å². The summed E-state index contributed by atoms with van der Waals surface area (Å²) >= 11 is 0. The molecule has 7 heteroatoms. The Balaban J connectivity index is 1.76. The first-order valence-electron chi connectivity index (χ1n) is 9.63. The second-order valence-electron chi connectivity index (χ2n) is 7.90. The highest BCUT2D eigenvalue weighted by Crippen LogP contribution is 2.44. The summed E-state index contributed by atoms with van der Waals surface area (Å²) in [5, 5.41) is 13.4. The first-order chi connectivity index (χ1) is 14.4. The highest BCUT2D eigenvalue weighted by atomic mass is 16.5. The molecule has 0 radical (unpaired) electrons. The van der Waals surface area contributed by atoms with Crippen LogP contribution in [0.3, 0.4) is 0 Å². The Morgan fingerprint density at radius 1 is 1.03 bits per heavy atom. The first-order valence-corrected chi connectivity index (χ1v) is 9.63. The Morgan fingerprint density at radius 3 is 2.53 bits per heavy atom. The Labute approximate surface area is 175 Å². The zero-order valence-corrected chi connectivity index (χ0v) is 17.7. The van der Waals surface area contributed by atoms with Crippen LogP contribution in [0, 0.1) is 0 Å². The maximum atomic E-state index is 10.2. The number of aromatic nitrogens is 2. The Kier molecular flexibility index (Phi) is 4.89. The number of nitrogens with one attached hydrogen (secondary N) is 1. The largest absolute Gasteiger partial charge is 0.504 e. The van der Waals surface area contributed by atoms with E-state index >= 15 is 0 Å². The standard InChI is InChI=1S/C23H25N3O4/c1-23(2)11-13-12-24-22(25-14-8-18(27)21(30-5)19(9-14)29-4)26-20(13)16-10-15(28-3)6-7-17(16)23/h6-10,12,27H,11H2,1-5H3,(H,24,25,26). The number of methoxy groups -OCH3 is 3. The number of hydrogen-bond acceptors (Lipinski definition) is 7. The molecule has 0 atom stereocenters. The number of ether oxygens (including phenoxy) is 3. The van der Waals surface area contributed by atoms with E-state index in [9.17, 15) is 5.11 Å². The van der Waals surface area contributed by atoms with Crippen LogP contribution in [0.25, 0.3) is 11.3 Å². The van der Waals surface area contributed by atoms with E-state index in [1.807, 2.05) is 18.3 Å². The second kappa shape index (κ2) is 7.40. The molecule has 0 bridgehead atoms. The van der Waals surface area contributed by atoms with E-state index < -0.39 is 0 Å². The highest BCUT2D eigenvalue weighted by molar-refractivity contribution is 5.74. The van der Waals surface area contributed by atoms with Crippen molar-refractivity contribution >= 4 is 11.6 Å². The molecule has 2 N–H and O–H groups in total. The van der Waals surface area contributed by atoms with Gasteiger partial charge in [-0.1, -0.05) is 19.9 Å². The average molecular weight is 407 g/mol. The van der Waals surface area contributed by atoms with Crippen LogP contribution in [0.15, 0.2) is 36.5 Å². The van der Waals surface area contributed by atoms with Crippen molar-refractivity contribution in [2.45, 2.75) is 25.7 Å². The average Bonchev–Trinajstić information content (AvgIpc) is 2.73. The minimum absolute atomic E-state index is 0.0257. The van der Waals surface area contributed by atoms with E-state index in [-0.39, 0.29) is 16.9 Å². The zero-order valence-electron chi connectivity index (χ0n) is 17.7. The third-order valence-corrected chi connectivity index (χ3v) is 5.42. The van der Waals surface area contributed by atoms with E-state index in [4.69, 9.17) is 19.2 Å². The molecule has 0 saturated heterocycles. The number of aromatic hydroxyl groups is 1. The van der Waals surface area contributed by atoms with Crippen molar-refractivity contribution in [1.82, 2.24) is 9.97 Å². The van der Waals surface area contributed by atoms with Crippen LogP contribution in [-0.4, -0.2) is 36.4 Å². The van der Waals surface area contributed by atoms with Crippen LogP contribution in [0.2, 0.25) is 0 Å². The lowest BCUT2D eigenvalue weighted by Crippen LogP contribution is -2.26. The van der Waals surface area contributed by atoms with Crippen LogP contribution in [0.4, 0.5) is 11.6 Å². The van der Waals surface area contributed by atoms with Crippen LogP contribution in [0.5, 0.6) is 23.0 Å². The first kappa shape index (κ1) is 19.8. The molecule has 0 amide bonds. The molecule has 4 rings (SSSR count). The molecule has 1 aliphatic carbocycles. The van der Waals surface area contributed by atoms with E-state index in [2.05, 4.69) is 30.2 Å². The maximum absolute atomic E-state index is 10.2. The van der Waals surface area contributed by atoms with Crippen molar-refractivity contribution in [3.05, 3.63) is 47.7 Å². The van der Waals surface area contributed by atoms with Gasteiger partial charge in [0.2, 0.25) is 11.7 Å². The van der Waals surface area contributed by atoms with Crippen LogP contribution < -0.4 is 19.5 Å². The van der Waals surface area contributed by atoms with Gasteiger partial charge in [-0.2, -0.15) is 0 Å². The van der Waals surface area contributed by atoms with Crippen LogP contribution >= 0.6 is 0 Å². The molecule has 7 nitrogen and oxygen atoms in total. The number of anilines is 2. The van der Waals surface area contributed by atoms with Gasteiger partial charge in [0.1, 0.15) is 5.75 Å². The summed E-state index contributed by atoms with van der Waals surface area (Å²) in [6.07, 6.45) is 2.70. The van der Waals surface area contributed by atoms with Gasteiger partial charge in [-0.15, -0.1) is 0 Å². The molecule has 30 heavy (non-hydrogen) atoms. The van der Waals surface area contributed by atoms with Gasteiger partial charge in [0.15, 0.2) is 11.5 Å². The number of fused-ring (bicyclic) bond motifs is 3. The Morgan fingerprint density at radius 2 is 1.83 bits per heavy atom. The second-order valence-corrected chi connectivity index (χ2v) is 7.90. The number of phenolic OH excluding ortho intramolecular Hbond substituents is 1. The molecule has 2 aromatic carbocycles. The third kappa shape index (κ3) is 3.36. The number of rotatable bonds is 5. The number of nitrogens with zero attached hydrogens (tertiary/aromatic N) is 2. The van der Waals surface area contributed by atoms with Crippen LogP contribution in [0.1, 0.15) is 25.0 Å². The fraction of sp³-hybridized carbons (Fsp3) is 0.304. The van der Waals surface area contributed by atoms with Crippen molar-refractivity contribution < 1.29 is 19.3 Å². The Hall–Kier alpha value is -3.48. The number of phenols is 1. The van der Waals surface area contributed by atoms with Gasteiger partial charge >= 0.3 is 0 Å². The summed E-state index contributed by atoms with van der Waals surface area (Å²) in [5.74, 6) is 1.87. The molecular formula is C23H25N3O4. The smallest absolute Gasteiger partial charge is 0.227 e. The van der Waals surface area contributed by atoms with Gasteiger partial charge in [0.05, 0.1) is 27.0 Å². The lowest BCUT2D eigenvalue weighted by molar-refractivity contribution is 0.333. The molecule has 0 fully saturated rings. The minimum Gasteiger partial charge on any atom is -0.504 e. The van der Waals surface area contributed by atoms with Crippen molar-refractivity contribution in [2.75, 3.05) is 26.6 Å². The highest BCUT2D eigenvalue weighted by Gasteiger charge is 2.32. The van der Waals surface area contributed by atoms with Crippen molar-refractivity contribution in [3.8, 4) is 34.3 Å². The summed E-state index contributed by atoms with van der Waals surface area (Å²) in [6.45, 7) is 4.44. The van der Waals surface area contributed by atoms with Gasteiger partial charge in [-0.05, 0) is 35.1 Å². The summed E-state index contributed by atoms with van der Waals surface area (Å²) in [5.41, 5.74) is 4.80. The van der Waals surface area contributed by atoms with E-state index in [0.717, 1.165) is 29.0 Å². The van der Waals surface area contributed by atoms with Crippen molar-refractivity contribution in [1.29, 1.82) is 0 Å². The van der Waals surface area contributed by atoms with Crippen molar-refractivity contribution in [3.63, 3.8) is 0 Å². The SMILES string of the molecule is COc1ccc2c(c1)-c1nc(Nc3cc(O)c(OC)c(OC)c3)ncc1CC2(C)C. The monoisotopic (exact) mass is 407 g/mol. The van der Waals surface area contributed by atoms with Gasteiger partial charge in [0.25, 0.3) is 0 Å². The fourth-order valence-corrected chi connectivity index (χ4v) is 3.98. The van der Waals surface area contributed by atoms with Gasteiger partial charge in [-0.3, -0.25) is 0 Å². The fourth-order valence-electron chi connectivity index (χ4n) is 3.98. The molecular weight excluding hydrogens is 382 g/mol. The number of benzene rings is 2. The van der Waals surface area contributed by atoms with E-state index in [0.29, 0.717) is 17.4 Å². The van der Waals surface area contributed by atoms with Gasteiger partial charge in [-0.25, -0.2) is 9.97 Å². The normalized spacial score (nSPS) is 13.8. The Bertz CT molecular complexity index is 1110. The zero-order chi connectivity index (χ0) is 21.5. The molecule has 156 valence electrons. The minimum atomic E-state index is -0.0332. The van der Waals surface area contributed by atoms with Gasteiger partial charge < -0.3 is 24.6 Å². The molecule has 1 heterocycles. The number of hydrogen-bond donors (Lipinski definition) is 2. The lowest BCUT2D eigenvalue weighted by Gasteiger charge is -2.33. The molecule has 0 saturated carbocycles. The maximum Gasteiger partial charge on any atom is 0.227 e. The quantitative estimate of drug-likeness (QED) is 0.646. The predicted molar refractivity (Wildman–Crippen MR) is 115 cm³/mol. The summed E-state index contributed by atoms with van der Waals surface area (Å²) in [4.78, 5) is 9.28. The summed E-state index contributed by atoms with van der Waals surface area (Å²) < 4.78 is 15.9. The third-order valence-electron chi connectivity index (χ3n) is 5.42. The molecule has 0 spiro atoms. The molecule has 3 aromatic rings. The molecule has 0 aliphatic heterocycles. The molecule has 1 aromatic heterocycles. The summed E-state index contributed by atoms with van der Waals surface area (Å²) in [6, 6.07) is 9.39. The van der Waals surface area contributed by atoms with E-state index in [1.165, 1.54) is 19.8 Å². The molecule has 1 aliphatic rings. The van der Waals surface area contributed by atoms with Crippen molar-refractivity contribution in [2.24, 2.45) is 0 Å². The molecule has 0 unspecified atom stereocenters.